The highest BCUT2D eigenvalue weighted by Crippen LogP contribution is 2.47. The van der Waals surface area contributed by atoms with Crippen LogP contribution in [0, 0.1) is 11.6 Å². The van der Waals surface area contributed by atoms with Gasteiger partial charge in [0.2, 0.25) is 5.91 Å². The maximum atomic E-state index is 13.8. The minimum atomic E-state index is -0.574. The largest absolute Gasteiger partial charge is 0.487 e. The summed E-state index contributed by atoms with van der Waals surface area (Å²) in [6.07, 6.45) is -0.662. The molecule has 2 aliphatic heterocycles. The van der Waals surface area contributed by atoms with Gasteiger partial charge in [0.05, 0.1) is 19.1 Å². The van der Waals surface area contributed by atoms with Crippen LogP contribution in [0.15, 0.2) is 36.4 Å². The number of carbonyl (C=O) groups excluding carboxylic acids is 1. The molecule has 0 radical (unpaired) electrons. The van der Waals surface area contributed by atoms with Crippen molar-refractivity contribution in [2.45, 2.75) is 43.6 Å². The van der Waals surface area contributed by atoms with Crippen molar-refractivity contribution in [2.75, 3.05) is 25.6 Å². The molecule has 0 spiro atoms. The molecular formula is C23H26F2N2O4. The van der Waals surface area contributed by atoms with Crippen molar-refractivity contribution in [3.05, 3.63) is 59.2 Å². The second kappa shape index (κ2) is 8.80. The number of halogens is 2. The normalized spacial score (nSPS) is 24.2. The highest BCUT2D eigenvalue weighted by Gasteiger charge is 2.46. The van der Waals surface area contributed by atoms with Gasteiger partial charge in [-0.05, 0) is 42.8 Å². The molecule has 8 heteroatoms. The van der Waals surface area contributed by atoms with Crippen LogP contribution in [0.5, 0.6) is 5.75 Å². The third-order valence-electron chi connectivity index (χ3n) is 5.90. The highest BCUT2D eigenvalue weighted by atomic mass is 19.1. The fourth-order valence-corrected chi connectivity index (χ4v) is 4.31. The Kier molecular flexibility index (Phi) is 6.11. The van der Waals surface area contributed by atoms with Gasteiger partial charge in [0, 0.05) is 43.4 Å². The third-order valence-corrected chi connectivity index (χ3v) is 5.90. The number of nitrogens with one attached hydrogen (secondary N) is 1. The van der Waals surface area contributed by atoms with Gasteiger partial charge in [-0.2, -0.15) is 0 Å². The Hall–Kier alpha value is -2.71. The summed E-state index contributed by atoms with van der Waals surface area (Å²) in [5.74, 6) is -0.691. The summed E-state index contributed by atoms with van der Waals surface area (Å²) in [6.45, 7) is -0.328. The van der Waals surface area contributed by atoms with Crippen molar-refractivity contribution in [2.24, 2.45) is 0 Å². The lowest BCUT2D eigenvalue weighted by Gasteiger charge is -2.37. The third kappa shape index (κ3) is 4.50. The number of aliphatic hydroxyl groups excluding tert-OH is 1. The lowest BCUT2D eigenvalue weighted by molar-refractivity contribution is -0.142. The second-order valence-electron chi connectivity index (χ2n) is 8.24. The molecule has 0 aliphatic carbocycles. The van der Waals surface area contributed by atoms with E-state index in [2.05, 4.69) is 11.4 Å². The average Bonchev–Trinajstić information content (AvgIpc) is 3.11. The molecule has 2 N–H and O–H groups in total. The number of anilines is 1. The monoisotopic (exact) mass is 432 g/mol. The van der Waals surface area contributed by atoms with E-state index < -0.39 is 23.8 Å². The second-order valence-corrected chi connectivity index (χ2v) is 8.24. The van der Waals surface area contributed by atoms with Crippen LogP contribution in [-0.2, 0) is 16.1 Å². The molecular weight excluding hydrogens is 406 g/mol. The first kappa shape index (κ1) is 21.5. The van der Waals surface area contributed by atoms with Crippen LogP contribution in [0.4, 0.5) is 14.5 Å². The quantitative estimate of drug-likeness (QED) is 0.735. The SMILES string of the molecule is CN(C)c1ccc2c(c1)[C@@H]1C[C@@H](CC(=O)NCc3cc(F)ccc3F)O[C@H](CO)[C@@H]1O2. The summed E-state index contributed by atoms with van der Waals surface area (Å²) < 4.78 is 39.1. The van der Waals surface area contributed by atoms with Gasteiger partial charge in [0.1, 0.15) is 29.6 Å². The van der Waals surface area contributed by atoms with E-state index in [4.69, 9.17) is 9.47 Å². The number of ether oxygens (including phenoxy) is 2. The molecule has 1 amide bonds. The first-order chi connectivity index (χ1) is 14.9. The van der Waals surface area contributed by atoms with Crippen molar-refractivity contribution >= 4 is 11.6 Å². The van der Waals surface area contributed by atoms with Crippen LogP contribution in [-0.4, -0.2) is 50.0 Å². The molecule has 31 heavy (non-hydrogen) atoms. The zero-order valence-electron chi connectivity index (χ0n) is 17.5. The fraction of sp³-hybridized carbons (Fsp3) is 0.435. The van der Waals surface area contributed by atoms with Crippen molar-refractivity contribution in [3.8, 4) is 5.75 Å². The molecule has 2 aromatic carbocycles. The summed E-state index contributed by atoms with van der Waals surface area (Å²) in [4.78, 5) is 14.5. The van der Waals surface area contributed by atoms with Gasteiger partial charge in [-0.3, -0.25) is 4.79 Å². The van der Waals surface area contributed by atoms with Crippen molar-refractivity contribution in [3.63, 3.8) is 0 Å². The number of benzene rings is 2. The molecule has 0 bridgehead atoms. The first-order valence-electron chi connectivity index (χ1n) is 10.3. The Balaban J connectivity index is 1.43. The zero-order chi connectivity index (χ0) is 22.1. The van der Waals surface area contributed by atoms with Gasteiger partial charge in [-0.15, -0.1) is 0 Å². The van der Waals surface area contributed by atoms with Crippen molar-refractivity contribution in [1.82, 2.24) is 5.32 Å². The average molecular weight is 432 g/mol. The molecule has 2 heterocycles. The number of hydrogen-bond acceptors (Lipinski definition) is 5. The summed E-state index contributed by atoms with van der Waals surface area (Å²) in [6, 6.07) is 9.10. The lowest BCUT2D eigenvalue weighted by Crippen LogP contribution is -2.47. The zero-order valence-corrected chi connectivity index (χ0v) is 17.5. The minimum Gasteiger partial charge on any atom is -0.487 e. The van der Waals surface area contributed by atoms with E-state index in [-0.39, 0.29) is 43.1 Å². The minimum absolute atomic E-state index is 0.000682. The van der Waals surface area contributed by atoms with Crippen LogP contribution < -0.4 is 15.0 Å². The van der Waals surface area contributed by atoms with Crippen LogP contribution >= 0.6 is 0 Å². The molecule has 0 saturated carbocycles. The smallest absolute Gasteiger partial charge is 0.222 e. The van der Waals surface area contributed by atoms with Crippen LogP contribution in [0.3, 0.4) is 0 Å². The van der Waals surface area contributed by atoms with Gasteiger partial charge in [-0.25, -0.2) is 8.78 Å². The molecule has 6 nitrogen and oxygen atoms in total. The number of carbonyl (C=O) groups is 1. The summed E-state index contributed by atoms with van der Waals surface area (Å²) in [5.41, 5.74) is 2.17. The Labute approximate surface area is 179 Å². The predicted molar refractivity (Wildman–Crippen MR) is 111 cm³/mol. The van der Waals surface area contributed by atoms with E-state index >= 15 is 0 Å². The topological polar surface area (TPSA) is 71.0 Å². The number of amides is 1. The lowest BCUT2D eigenvalue weighted by atomic mass is 9.84. The maximum absolute atomic E-state index is 13.8. The number of aliphatic hydroxyl groups is 1. The molecule has 1 saturated heterocycles. The van der Waals surface area contributed by atoms with Gasteiger partial charge in [0.25, 0.3) is 0 Å². The maximum Gasteiger partial charge on any atom is 0.222 e. The molecule has 4 rings (SSSR count). The van der Waals surface area contributed by atoms with E-state index in [0.29, 0.717) is 6.42 Å². The number of nitrogens with zero attached hydrogens (tertiary/aromatic N) is 1. The molecule has 166 valence electrons. The van der Waals surface area contributed by atoms with Gasteiger partial charge in [0.15, 0.2) is 0 Å². The standard InChI is InChI=1S/C23H26F2N2O4/c1-27(2)15-4-6-20-17(8-15)18-9-16(30-21(12-28)23(18)31-20)10-22(29)26-11-13-7-14(24)3-5-19(13)25/h3-8,16,18,21,23,28H,9-12H2,1-2H3,(H,26,29)/t16-,18-,21+,23+/m0/s1. The summed E-state index contributed by atoms with van der Waals surface area (Å²) >= 11 is 0. The van der Waals surface area contributed by atoms with Crippen LogP contribution in [0.1, 0.15) is 29.9 Å². The number of rotatable bonds is 6. The van der Waals surface area contributed by atoms with Gasteiger partial charge >= 0.3 is 0 Å². The van der Waals surface area contributed by atoms with E-state index in [1.54, 1.807) is 0 Å². The Bertz CT molecular complexity index is 969. The predicted octanol–water partition coefficient (Wildman–Crippen LogP) is 2.73. The Morgan fingerprint density at radius 1 is 1.23 bits per heavy atom. The van der Waals surface area contributed by atoms with E-state index in [1.165, 1.54) is 0 Å². The van der Waals surface area contributed by atoms with E-state index in [1.807, 2.05) is 31.1 Å². The van der Waals surface area contributed by atoms with E-state index in [0.717, 1.165) is 35.2 Å². The van der Waals surface area contributed by atoms with Crippen molar-refractivity contribution < 1.29 is 28.2 Å². The molecule has 4 atom stereocenters. The number of fused-ring (bicyclic) bond motifs is 3. The first-order valence-corrected chi connectivity index (χ1v) is 10.3. The molecule has 0 aromatic heterocycles. The molecule has 2 aliphatic rings. The number of hydrogen-bond donors (Lipinski definition) is 2. The van der Waals surface area contributed by atoms with E-state index in [9.17, 15) is 18.7 Å². The molecule has 1 fully saturated rings. The molecule has 0 unspecified atom stereocenters. The Morgan fingerprint density at radius 2 is 2.03 bits per heavy atom. The summed E-state index contributed by atoms with van der Waals surface area (Å²) in [7, 11) is 3.92. The van der Waals surface area contributed by atoms with Crippen molar-refractivity contribution in [1.29, 1.82) is 0 Å². The van der Waals surface area contributed by atoms with Gasteiger partial charge < -0.3 is 24.8 Å². The molecule has 2 aromatic rings. The fourth-order valence-electron chi connectivity index (χ4n) is 4.31. The van der Waals surface area contributed by atoms with Crippen LogP contribution in [0.2, 0.25) is 0 Å². The highest BCUT2D eigenvalue weighted by molar-refractivity contribution is 5.76. The Morgan fingerprint density at radius 3 is 2.77 bits per heavy atom. The van der Waals surface area contributed by atoms with Gasteiger partial charge in [-0.1, -0.05) is 0 Å². The summed E-state index contributed by atoms with van der Waals surface area (Å²) in [5, 5.41) is 12.5. The van der Waals surface area contributed by atoms with Crippen LogP contribution in [0.25, 0.3) is 0 Å².